The molecule has 0 aliphatic heterocycles. The third-order valence-corrected chi connectivity index (χ3v) is 5.66. The van der Waals surface area contributed by atoms with E-state index in [4.69, 9.17) is 0 Å². The molecule has 2 aliphatic rings. The van der Waals surface area contributed by atoms with Crippen molar-refractivity contribution in [2.45, 2.75) is 58.3 Å². The number of fused-ring (bicyclic) bond motifs is 2. The minimum Gasteiger partial charge on any atom is -0.273 e. The van der Waals surface area contributed by atoms with Crippen LogP contribution in [0.1, 0.15) is 68.8 Å². The van der Waals surface area contributed by atoms with Gasteiger partial charge in [0.05, 0.1) is 0 Å². The number of amides is 2. The molecule has 24 heavy (non-hydrogen) atoms. The first kappa shape index (κ1) is 17.0. The number of hydrogen-bond donors (Lipinski definition) is 2. The number of carbonyl (C=O) groups excluding carboxylic acids is 2. The summed E-state index contributed by atoms with van der Waals surface area (Å²) >= 11 is 0. The molecule has 0 saturated heterocycles. The zero-order valence-corrected chi connectivity index (χ0v) is 14.9. The van der Waals surface area contributed by atoms with Gasteiger partial charge in [0.2, 0.25) is 5.91 Å². The lowest BCUT2D eigenvalue weighted by Crippen LogP contribution is -2.42. The molecular weight excluding hydrogens is 300 g/mol. The fourth-order valence-electron chi connectivity index (χ4n) is 4.24. The maximum absolute atomic E-state index is 12.1. The number of hydrazine groups is 1. The Hall–Kier alpha value is -1.84. The third-order valence-electron chi connectivity index (χ3n) is 5.66. The summed E-state index contributed by atoms with van der Waals surface area (Å²) < 4.78 is 0. The zero-order chi connectivity index (χ0) is 17.3. The number of rotatable bonds is 3. The van der Waals surface area contributed by atoms with Crippen molar-refractivity contribution in [3.8, 4) is 0 Å². The van der Waals surface area contributed by atoms with Gasteiger partial charge < -0.3 is 0 Å². The molecule has 130 valence electrons. The smallest absolute Gasteiger partial charge is 0.269 e. The van der Waals surface area contributed by atoms with Gasteiger partial charge in [-0.05, 0) is 60.1 Å². The maximum atomic E-state index is 12.1. The number of carbonyl (C=O) groups is 2. The second-order valence-corrected chi connectivity index (χ2v) is 8.47. The summed E-state index contributed by atoms with van der Waals surface area (Å²) in [5.74, 6) is 1.72. The average molecular weight is 328 g/mol. The Kier molecular flexibility index (Phi) is 4.66. The van der Waals surface area contributed by atoms with E-state index in [1.807, 2.05) is 12.1 Å². The highest BCUT2D eigenvalue weighted by Gasteiger charge is 2.40. The molecule has 2 aliphatic carbocycles. The monoisotopic (exact) mass is 328 g/mol. The van der Waals surface area contributed by atoms with Crippen LogP contribution in [0.15, 0.2) is 24.3 Å². The lowest BCUT2D eigenvalue weighted by atomic mass is 9.86. The van der Waals surface area contributed by atoms with Crippen LogP contribution in [0, 0.1) is 17.8 Å². The fourth-order valence-corrected chi connectivity index (χ4v) is 4.24. The van der Waals surface area contributed by atoms with Crippen molar-refractivity contribution in [2.24, 2.45) is 17.8 Å². The predicted octanol–water partition coefficient (Wildman–Crippen LogP) is 3.57. The van der Waals surface area contributed by atoms with Crippen molar-refractivity contribution in [3.05, 3.63) is 35.4 Å². The minimum absolute atomic E-state index is 0.0594. The lowest BCUT2D eigenvalue weighted by molar-refractivity contribution is -0.123. The van der Waals surface area contributed by atoms with E-state index in [1.165, 1.54) is 31.2 Å². The number of hydrogen-bond acceptors (Lipinski definition) is 2. The van der Waals surface area contributed by atoms with E-state index < -0.39 is 0 Å². The molecule has 0 aromatic heterocycles. The van der Waals surface area contributed by atoms with E-state index in [0.717, 1.165) is 11.8 Å². The van der Waals surface area contributed by atoms with Crippen molar-refractivity contribution in [1.29, 1.82) is 0 Å². The van der Waals surface area contributed by atoms with Crippen molar-refractivity contribution in [1.82, 2.24) is 10.9 Å². The third kappa shape index (κ3) is 3.80. The summed E-state index contributed by atoms with van der Waals surface area (Å²) in [6, 6.07) is 7.54. The fraction of sp³-hybridized carbons (Fsp3) is 0.600. The second kappa shape index (κ2) is 6.58. The molecule has 2 N–H and O–H groups in total. The largest absolute Gasteiger partial charge is 0.273 e. The molecule has 2 fully saturated rings. The molecule has 2 amide bonds. The van der Waals surface area contributed by atoms with Gasteiger partial charge in [-0.3, -0.25) is 20.4 Å². The van der Waals surface area contributed by atoms with Gasteiger partial charge in [-0.25, -0.2) is 0 Å². The standard InChI is InChI=1S/C20H28N2O2/c1-20(2,3)17-8-6-14(7-9-17)19(24)22-21-18(23)12-16-11-13-4-5-15(16)10-13/h6-9,13,15-16H,4-5,10-12H2,1-3H3,(H,21,23)(H,22,24)/t13-,15+,16+/m0/s1. The maximum Gasteiger partial charge on any atom is 0.269 e. The zero-order valence-electron chi connectivity index (χ0n) is 14.9. The van der Waals surface area contributed by atoms with Crippen molar-refractivity contribution >= 4 is 11.8 Å². The Bertz CT molecular complexity index is 616. The first-order chi connectivity index (χ1) is 11.3. The van der Waals surface area contributed by atoms with E-state index >= 15 is 0 Å². The Morgan fingerprint density at radius 2 is 1.75 bits per heavy atom. The summed E-state index contributed by atoms with van der Waals surface area (Å²) in [5, 5.41) is 0. The number of nitrogens with one attached hydrogen (secondary N) is 2. The van der Waals surface area contributed by atoms with E-state index in [2.05, 4.69) is 31.6 Å². The molecule has 4 nitrogen and oxygen atoms in total. The van der Waals surface area contributed by atoms with Gasteiger partial charge in [0, 0.05) is 12.0 Å². The van der Waals surface area contributed by atoms with E-state index in [1.54, 1.807) is 12.1 Å². The molecule has 0 heterocycles. The summed E-state index contributed by atoms with van der Waals surface area (Å²) in [6.45, 7) is 6.41. The van der Waals surface area contributed by atoms with Gasteiger partial charge in [0.25, 0.3) is 5.91 Å². The summed E-state index contributed by atoms with van der Waals surface area (Å²) in [7, 11) is 0. The van der Waals surface area contributed by atoms with Gasteiger partial charge in [-0.2, -0.15) is 0 Å². The predicted molar refractivity (Wildman–Crippen MR) is 94.3 cm³/mol. The second-order valence-electron chi connectivity index (χ2n) is 8.47. The lowest BCUT2D eigenvalue weighted by Gasteiger charge is -2.21. The van der Waals surface area contributed by atoms with Crippen LogP contribution in [0.4, 0.5) is 0 Å². The normalized spacial score (nSPS) is 25.5. The van der Waals surface area contributed by atoms with Gasteiger partial charge in [-0.15, -0.1) is 0 Å². The Balaban J connectivity index is 1.47. The average Bonchev–Trinajstić information content (AvgIpc) is 3.14. The number of benzene rings is 1. The van der Waals surface area contributed by atoms with E-state index in [-0.39, 0.29) is 17.2 Å². The molecule has 0 spiro atoms. The molecule has 1 aromatic rings. The van der Waals surface area contributed by atoms with Gasteiger partial charge >= 0.3 is 0 Å². The highest BCUT2D eigenvalue weighted by atomic mass is 16.2. The van der Waals surface area contributed by atoms with Crippen molar-refractivity contribution in [2.75, 3.05) is 0 Å². The highest BCUT2D eigenvalue weighted by Crippen LogP contribution is 2.49. The van der Waals surface area contributed by atoms with Crippen LogP contribution in [0.3, 0.4) is 0 Å². The molecule has 0 unspecified atom stereocenters. The van der Waals surface area contributed by atoms with Crippen molar-refractivity contribution in [3.63, 3.8) is 0 Å². The Morgan fingerprint density at radius 3 is 2.29 bits per heavy atom. The van der Waals surface area contributed by atoms with Crippen LogP contribution < -0.4 is 10.9 Å². The van der Waals surface area contributed by atoms with Crippen LogP contribution in [-0.2, 0) is 10.2 Å². The van der Waals surface area contributed by atoms with Crippen molar-refractivity contribution < 1.29 is 9.59 Å². The quantitative estimate of drug-likeness (QED) is 0.833. The Morgan fingerprint density at radius 1 is 1.04 bits per heavy atom. The van der Waals surface area contributed by atoms with Gasteiger partial charge in [0.1, 0.15) is 0 Å². The van der Waals surface area contributed by atoms with Crippen LogP contribution in [0.2, 0.25) is 0 Å². The summed E-state index contributed by atoms with van der Waals surface area (Å²) in [4.78, 5) is 24.2. The molecule has 0 radical (unpaired) electrons. The molecule has 4 heteroatoms. The van der Waals surface area contributed by atoms with Crippen LogP contribution >= 0.6 is 0 Å². The van der Waals surface area contributed by atoms with Crippen LogP contribution in [0.25, 0.3) is 0 Å². The SMILES string of the molecule is CC(C)(C)c1ccc(C(=O)NNC(=O)C[C@H]2C[C@H]3CC[C@@H]2C3)cc1. The van der Waals surface area contributed by atoms with Crippen LogP contribution in [-0.4, -0.2) is 11.8 Å². The molecule has 2 bridgehead atoms. The first-order valence-corrected chi connectivity index (χ1v) is 9.02. The highest BCUT2D eigenvalue weighted by molar-refractivity contribution is 5.95. The molecular formula is C20H28N2O2. The first-order valence-electron chi connectivity index (χ1n) is 9.02. The summed E-state index contributed by atoms with van der Waals surface area (Å²) in [6.07, 6.45) is 5.62. The Labute approximate surface area is 144 Å². The molecule has 2 saturated carbocycles. The molecule has 3 atom stereocenters. The van der Waals surface area contributed by atoms with Gasteiger partial charge in [0.15, 0.2) is 0 Å². The summed E-state index contributed by atoms with van der Waals surface area (Å²) in [5.41, 5.74) is 6.91. The minimum atomic E-state index is -0.267. The molecule has 1 aromatic carbocycles. The van der Waals surface area contributed by atoms with E-state index in [9.17, 15) is 9.59 Å². The van der Waals surface area contributed by atoms with E-state index in [0.29, 0.717) is 17.9 Å². The topological polar surface area (TPSA) is 58.2 Å². The van der Waals surface area contributed by atoms with Crippen LogP contribution in [0.5, 0.6) is 0 Å². The van der Waals surface area contributed by atoms with Gasteiger partial charge in [-0.1, -0.05) is 39.3 Å². The molecule has 3 rings (SSSR count).